The van der Waals surface area contributed by atoms with Gasteiger partial charge in [-0.15, -0.1) is 0 Å². The van der Waals surface area contributed by atoms with Crippen LogP contribution in [0, 0.1) is 0 Å². The van der Waals surface area contributed by atoms with Crippen LogP contribution in [0.3, 0.4) is 0 Å². The standard InChI is InChI=1S/C8H15Cl/c1-2-3-4-5-6-7-8-9/h7-8H,2-6H2,1H3/b8-7-. The molecule has 0 aromatic rings. The second-order valence-electron chi connectivity index (χ2n) is 2.21. The molecule has 54 valence electrons. The van der Waals surface area contributed by atoms with Gasteiger partial charge in [0, 0.05) is 5.54 Å². The lowest BCUT2D eigenvalue weighted by Gasteiger charge is -1.92. The van der Waals surface area contributed by atoms with E-state index in [0.717, 1.165) is 6.42 Å². The van der Waals surface area contributed by atoms with E-state index >= 15 is 0 Å². The van der Waals surface area contributed by atoms with Crippen LogP contribution in [0.15, 0.2) is 11.6 Å². The molecule has 0 atom stereocenters. The molecule has 0 fully saturated rings. The van der Waals surface area contributed by atoms with E-state index in [0.29, 0.717) is 0 Å². The van der Waals surface area contributed by atoms with Crippen LogP contribution in [0.1, 0.15) is 39.0 Å². The molecule has 0 aromatic carbocycles. The third kappa shape index (κ3) is 8.03. The molecule has 0 unspecified atom stereocenters. The first kappa shape index (κ1) is 9.03. The summed E-state index contributed by atoms with van der Waals surface area (Å²) in [6.07, 6.45) is 8.45. The Balaban J connectivity index is 2.75. The first-order chi connectivity index (χ1) is 4.41. The van der Waals surface area contributed by atoms with Crippen molar-refractivity contribution in [2.24, 2.45) is 0 Å². The minimum absolute atomic E-state index is 1.14. The Morgan fingerprint density at radius 3 is 2.56 bits per heavy atom. The van der Waals surface area contributed by atoms with Gasteiger partial charge in [0.25, 0.3) is 0 Å². The molecule has 0 heterocycles. The predicted octanol–water partition coefficient (Wildman–Crippen LogP) is 3.71. The molecule has 0 spiro atoms. The van der Waals surface area contributed by atoms with Crippen molar-refractivity contribution < 1.29 is 0 Å². The fraction of sp³-hybridized carbons (Fsp3) is 0.750. The van der Waals surface area contributed by atoms with Crippen molar-refractivity contribution in [3.05, 3.63) is 11.6 Å². The van der Waals surface area contributed by atoms with Crippen molar-refractivity contribution in [3.8, 4) is 0 Å². The van der Waals surface area contributed by atoms with Gasteiger partial charge in [0.05, 0.1) is 0 Å². The van der Waals surface area contributed by atoms with E-state index in [-0.39, 0.29) is 0 Å². The van der Waals surface area contributed by atoms with Crippen LogP contribution < -0.4 is 0 Å². The van der Waals surface area contributed by atoms with Crippen LogP contribution in [0.5, 0.6) is 0 Å². The summed E-state index contributed by atoms with van der Waals surface area (Å²) in [5, 5.41) is 0. The maximum Gasteiger partial charge on any atom is 0.000245 e. The highest BCUT2D eigenvalue weighted by Crippen LogP contribution is 2.02. The fourth-order valence-electron chi connectivity index (χ4n) is 0.752. The molecule has 0 aromatic heterocycles. The maximum absolute atomic E-state index is 5.33. The van der Waals surface area contributed by atoms with Gasteiger partial charge in [-0.2, -0.15) is 0 Å². The number of halogens is 1. The minimum atomic E-state index is 1.14. The van der Waals surface area contributed by atoms with Crippen molar-refractivity contribution >= 4 is 11.6 Å². The van der Waals surface area contributed by atoms with Gasteiger partial charge in [-0.05, 0) is 12.8 Å². The monoisotopic (exact) mass is 146 g/mol. The highest BCUT2D eigenvalue weighted by atomic mass is 35.5. The number of unbranched alkanes of at least 4 members (excludes halogenated alkanes) is 4. The van der Waals surface area contributed by atoms with Gasteiger partial charge in [0.15, 0.2) is 0 Å². The largest absolute Gasteiger partial charge is 0.0933 e. The third-order valence-electron chi connectivity index (χ3n) is 1.31. The lowest BCUT2D eigenvalue weighted by Crippen LogP contribution is -1.72. The molecule has 0 saturated heterocycles. The summed E-state index contributed by atoms with van der Waals surface area (Å²) in [4.78, 5) is 0. The van der Waals surface area contributed by atoms with E-state index in [1.807, 2.05) is 6.08 Å². The Hall–Kier alpha value is 0.0300. The smallest absolute Gasteiger partial charge is 0.000245 e. The average molecular weight is 147 g/mol. The molecular weight excluding hydrogens is 132 g/mol. The molecule has 0 bridgehead atoms. The van der Waals surface area contributed by atoms with Gasteiger partial charge in [0.2, 0.25) is 0 Å². The zero-order valence-corrected chi connectivity index (χ0v) is 6.82. The zero-order valence-electron chi connectivity index (χ0n) is 6.07. The molecule has 0 N–H and O–H groups in total. The third-order valence-corrected chi connectivity index (χ3v) is 1.49. The topological polar surface area (TPSA) is 0 Å². The van der Waals surface area contributed by atoms with Crippen molar-refractivity contribution in [2.45, 2.75) is 39.0 Å². The van der Waals surface area contributed by atoms with Gasteiger partial charge in [0.1, 0.15) is 0 Å². The molecule has 9 heavy (non-hydrogen) atoms. The Morgan fingerprint density at radius 2 is 2.00 bits per heavy atom. The summed E-state index contributed by atoms with van der Waals surface area (Å²) < 4.78 is 0. The molecule has 0 radical (unpaired) electrons. The van der Waals surface area contributed by atoms with E-state index in [2.05, 4.69) is 6.92 Å². The number of allylic oxidation sites excluding steroid dienone is 1. The number of hydrogen-bond acceptors (Lipinski definition) is 0. The van der Waals surface area contributed by atoms with Crippen LogP contribution in [-0.4, -0.2) is 0 Å². The lowest BCUT2D eigenvalue weighted by molar-refractivity contribution is 0.675. The molecule has 0 rings (SSSR count). The maximum atomic E-state index is 5.33. The van der Waals surface area contributed by atoms with Gasteiger partial charge in [-0.1, -0.05) is 43.9 Å². The SMILES string of the molecule is CCCCCC/C=C\Cl. The molecule has 0 aliphatic heterocycles. The second kappa shape index (κ2) is 8.03. The van der Waals surface area contributed by atoms with Crippen molar-refractivity contribution in [3.63, 3.8) is 0 Å². The normalized spacial score (nSPS) is 10.9. The van der Waals surface area contributed by atoms with Crippen LogP contribution in [0.25, 0.3) is 0 Å². The van der Waals surface area contributed by atoms with E-state index < -0.39 is 0 Å². The Morgan fingerprint density at radius 1 is 1.22 bits per heavy atom. The lowest BCUT2D eigenvalue weighted by atomic mass is 10.2. The highest BCUT2D eigenvalue weighted by molar-refractivity contribution is 6.25. The summed E-state index contributed by atoms with van der Waals surface area (Å²) in [7, 11) is 0. The number of hydrogen-bond donors (Lipinski definition) is 0. The first-order valence-corrected chi connectivity index (χ1v) is 4.10. The minimum Gasteiger partial charge on any atom is -0.0933 e. The molecule has 0 amide bonds. The van der Waals surface area contributed by atoms with Gasteiger partial charge in [-0.3, -0.25) is 0 Å². The van der Waals surface area contributed by atoms with Crippen molar-refractivity contribution in [2.75, 3.05) is 0 Å². The van der Waals surface area contributed by atoms with Crippen LogP contribution in [0.2, 0.25) is 0 Å². The van der Waals surface area contributed by atoms with Crippen molar-refractivity contribution in [1.82, 2.24) is 0 Å². The summed E-state index contributed by atoms with van der Waals surface area (Å²) in [6.45, 7) is 2.22. The second-order valence-corrected chi connectivity index (χ2v) is 2.46. The van der Waals surface area contributed by atoms with Crippen LogP contribution in [0.4, 0.5) is 0 Å². The van der Waals surface area contributed by atoms with E-state index in [9.17, 15) is 0 Å². The summed E-state index contributed by atoms with van der Waals surface area (Å²) in [5.41, 5.74) is 1.60. The Labute approximate surface area is 62.9 Å². The summed E-state index contributed by atoms with van der Waals surface area (Å²) in [5.74, 6) is 0. The molecular formula is C8H15Cl. The van der Waals surface area contributed by atoms with E-state index in [4.69, 9.17) is 11.6 Å². The first-order valence-electron chi connectivity index (χ1n) is 3.67. The summed E-state index contributed by atoms with van der Waals surface area (Å²) in [6, 6.07) is 0. The van der Waals surface area contributed by atoms with E-state index in [1.54, 1.807) is 5.54 Å². The average Bonchev–Trinajstić information content (AvgIpc) is 1.89. The quantitative estimate of drug-likeness (QED) is 0.519. The molecule has 0 aliphatic carbocycles. The number of rotatable bonds is 5. The fourth-order valence-corrected chi connectivity index (χ4v) is 0.878. The summed E-state index contributed by atoms with van der Waals surface area (Å²) >= 11 is 5.33. The van der Waals surface area contributed by atoms with Gasteiger partial charge in [-0.25, -0.2) is 0 Å². The highest BCUT2D eigenvalue weighted by Gasteiger charge is 1.82. The van der Waals surface area contributed by atoms with Crippen molar-refractivity contribution in [1.29, 1.82) is 0 Å². The van der Waals surface area contributed by atoms with E-state index in [1.165, 1.54) is 25.7 Å². The van der Waals surface area contributed by atoms with Gasteiger partial charge >= 0.3 is 0 Å². The Kier molecular flexibility index (Phi) is 8.06. The molecule has 1 heteroatoms. The van der Waals surface area contributed by atoms with Crippen LogP contribution in [-0.2, 0) is 0 Å². The molecule has 0 saturated carbocycles. The van der Waals surface area contributed by atoms with Crippen LogP contribution >= 0.6 is 11.6 Å². The molecule has 0 aliphatic rings. The zero-order chi connectivity index (χ0) is 6.95. The van der Waals surface area contributed by atoms with Gasteiger partial charge < -0.3 is 0 Å². The predicted molar refractivity (Wildman–Crippen MR) is 43.8 cm³/mol. The Bertz CT molecular complexity index is 67.0. The molecule has 0 nitrogen and oxygen atoms in total.